The van der Waals surface area contributed by atoms with E-state index in [9.17, 15) is 4.79 Å². The van der Waals surface area contributed by atoms with E-state index >= 15 is 0 Å². The highest BCUT2D eigenvalue weighted by molar-refractivity contribution is 9.10. The van der Waals surface area contributed by atoms with Gasteiger partial charge in [-0.2, -0.15) is 0 Å². The van der Waals surface area contributed by atoms with Crippen molar-refractivity contribution in [2.45, 2.75) is 44.7 Å². The number of rotatable bonds is 6. The number of carbonyl (C=O) groups excluding carboxylic acids is 1. The van der Waals surface area contributed by atoms with E-state index in [1.54, 1.807) is 0 Å². The predicted octanol–water partition coefficient (Wildman–Crippen LogP) is 3.78. The van der Waals surface area contributed by atoms with Crippen LogP contribution in [0.5, 0.6) is 0 Å². The summed E-state index contributed by atoms with van der Waals surface area (Å²) in [5.74, 6) is 0.0736. The smallest absolute Gasteiger partial charge is 0.239 e. The molecule has 1 saturated carbocycles. The first-order valence-electron chi connectivity index (χ1n) is 8.85. The van der Waals surface area contributed by atoms with Gasteiger partial charge in [-0.3, -0.25) is 4.79 Å². The van der Waals surface area contributed by atoms with Crippen LogP contribution < -0.4 is 5.32 Å². The van der Waals surface area contributed by atoms with Gasteiger partial charge in [0, 0.05) is 35.3 Å². The first-order chi connectivity index (χ1) is 11.6. The summed E-state index contributed by atoms with van der Waals surface area (Å²) in [5.41, 5.74) is 1.08. The third kappa shape index (κ3) is 4.39. The van der Waals surface area contributed by atoms with Crippen LogP contribution >= 0.6 is 15.9 Å². The average Bonchev–Trinajstić information content (AvgIpc) is 2.97. The highest BCUT2D eigenvalue weighted by atomic mass is 79.9. The molecule has 3 rings (SSSR count). The molecule has 5 heteroatoms. The predicted molar refractivity (Wildman–Crippen MR) is 102 cm³/mol. The number of carbonyl (C=O) groups is 1. The molecular formula is C19H26BrN3O. The molecule has 4 nitrogen and oxygen atoms in total. The van der Waals surface area contributed by atoms with Crippen molar-refractivity contribution in [2.24, 2.45) is 0 Å². The summed E-state index contributed by atoms with van der Waals surface area (Å²) in [5, 5.41) is 4.21. The molecule has 130 valence electrons. The van der Waals surface area contributed by atoms with Crippen LogP contribution in [-0.4, -0.2) is 41.6 Å². The van der Waals surface area contributed by atoms with Gasteiger partial charge in [-0.15, -0.1) is 0 Å². The van der Waals surface area contributed by atoms with Crippen LogP contribution in [-0.2, 0) is 11.3 Å². The number of fused-ring (bicyclic) bond motifs is 1. The SMILES string of the molecule is CN(CCNC(=O)Cn1ccc2ccc(Br)cc21)C1CCCCC1. The maximum atomic E-state index is 12.2. The summed E-state index contributed by atoms with van der Waals surface area (Å²) in [7, 11) is 2.18. The molecule has 0 unspecified atom stereocenters. The second kappa shape index (κ2) is 8.17. The Morgan fingerprint density at radius 3 is 2.88 bits per heavy atom. The maximum absolute atomic E-state index is 12.2. The van der Waals surface area contributed by atoms with Crippen LogP contribution in [0.1, 0.15) is 32.1 Å². The van der Waals surface area contributed by atoms with E-state index in [0.29, 0.717) is 19.1 Å². The lowest BCUT2D eigenvalue weighted by molar-refractivity contribution is -0.121. The molecule has 0 radical (unpaired) electrons. The average molecular weight is 392 g/mol. The van der Waals surface area contributed by atoms with Crippen molar-refractivity contribution in [1.82, 2.24) is 14.8 Å². The minimum atomic E-state index is 0.0736. The van der Waals surface area contributed by atoms with Crippen LogP contribution in [0.15, 0.2) is 34.9 Å². The Labute approximate surface area is 152 Å². The molecule has 0 atom stereocenters. The van der Waals surface area contributed by atoms with Crippen molar-refractivity contribution >= 4 is 32.7 Å². The van der Waals surface area contributed by atoms with Gasteiger partial charge >= 0.3 is 0 Å². The van der Waals surface area contributed by atoms with Crippen molar-refractivity contribution in [3.05, 3.63) is 34.9 Å². The molecule has 24 heavy (non-hydrogen) atoms. The van der Waals surface area contributed by atoms with E-state index in [1.165, 1.54) is 32.1 Å². The molecule has 1 N–H and O–H groups in total. The van der Waals surface area contributed by atoms with Crippen molar-refractivity contribution in [1.29, 1.82) is 0 Å². The Balaban J connectivity index is 1.47. The summed E-state index contributed by atoms with van der Waals surface area (Å²) >= 11 is 3.49. The monoisotopic (exact) mass is 391 g/mol. The fourth-order valence-electron chi connectivity index (χ4n) is 3.58. The highest BCUT2D eigenvalue weighted by Gasteiger charge is 2.17. The third-order valence-corrected chi connectivity index (χ3v) is 5.53. The van der Waals surface area contributed by atoms with Gasteiger partial charge in [0.05, 0.1) is 0 Å². The lowest BCUT2D eigenvalue weighted by Gasteiger charge is -2.31. The molecular weight excluding hydrogens is 366 g/mol. The van der Waals surface area contributed by atoms with Crippen LogP contribution in [0.2, 0.25) is 0 Å². The zero-order valence-corrected chi connectivity index (χ0v) is 15.9. The van der Waals surface area contributed by atoms with E-state index in [-0.39, 0.29) is 5.91 Å². The van der Waals surface area contributed by atoms with E-state index in [0.717, 1.165) is 21.9 Å². The number of nitrogens with one attached hydrogen (secondary N) is 1. The first-order valence-corrected chi connectivity index (χ1v) is 9.64. The molecule has 0 saturated heterocycles. The first kappa shape index (κ1) is 17.5. The summed E-state index contributed by atoms with van der Waals surface area (Å²) in [6.45, 7) is 2.01. The van der Waals surface area contributed by atoms with Gasteiger partial charge in [0.15, 0.2) is 0 Å². The number of hydrogen-bond acceptors (Lipinski definition) is 2. The summed E-state index contributed by atoms with van der Waals surface area (Å²) < 4.78 is 3.03. The van der Waals surface area contributed by atoms with Crippen LogP contribution in [0.3, 0.4) is 0 Å². The molecule has 1 aromatic carbocycles. The van der Waals surface area contributed by atoms with Gasteiger partial charge in [-0.1, -0.05) is 41.3 Å². The van der Waals surface area contributed by atoms with Crippen molar-refractivity contribution in [3.8, 4) is 0 Å². The van der Waals surface area contributed by atoms with Crippen LogP contribution in [0, 0.1) is 0 Å². The second-order valence-electron chi connectivity index (χ2n) is 6.77. The molecule has 0 aliphatic heterocycles. The number of hydrogen-bond donors (Lipinski definition) is 1. The topological polar surface area (TPSA) is 37.3 Å². The van der Waals surface area contributed by atoms with Crippen molar-refractivity contribution in [2.75, 3.05) is 20.1 Å². The Kier molecular flexibility index (Phi) is 5.95. The zero-order valence-electron chi connectivity index (χ0n) is 14.3. The number of benzene rings is 1. The number of nitrogens with zero attached hydrogens (tertiary/aromatic N) is 2. The highest BCUT2D eigenvalue weighted by Crippen LogP contribution is 2.22. The zero-order chi connectivity index (χ0) is 16.9. The molecule has 1 amide bonds. The van der Waals surface area contributed by atoms with Crippen LogP contribution in [0.4, 0.5) is 0 Å². The minimum absolute atomic E-state index is 0.0736. The molecule has 0 spiro atoms. The van der Waals surface area contributed by atoms with E-state index in [2.05, 4.69) is 45.3 Å². The minimum Gasteiger partial charge on any atom is -0.353 e. The van der Waals surface area contributed by atoms with Crippen LogP contribution in [0.25, 0.3) is 10.9 Å². The lowest BCUT2D eigenvalue weighted by atomic mass is 9.94. The van der Waals surface area contributed by atoms with Gasteiger partial charge in [-0.25, -0.2) is 0 Å². The second-order valence-corrected chi connectivity index (χ2v) is 7.68. The fourth-order valence-corrected chi connectivity index (χ4v) is 3.93. The Morgan fingerprint density at radius 1 is 1.29 bits per heavy atom. The van der Waals surface area contributed by atoms with Crippen molar-refractivity contribution in [3.63, 3.8) is 0 Å². The standard InChI is InChI=1S/C19H26BrN3O/c1-22(17-5-3-2-4-6-17)12-10-21-19(24)14-23-11-9-15-7-8-16(20)13-18(15)23/h7-9,11,13,17H,2-6,10,12,14H2,1H3,(H,21,24). The van der Waals surface area contributed by atoms with Crippen molar-refractivity contribution < 1.29 is 4.79 Å². The van der Waals surface area contributed by atoms with Gasteiger partial charge in [0.1, 0.15) is 6.54 Å². The fraction of sp³-hybridized carbons (Fsp3) is 0.526. The van der Waals surface area contributed by atoms with E-state index in [1.807, 2.05) is 22.9 Å². The van der Waals surface area contributed by atoms with E-state index in [4.69, 9.17) is 0 Å². The van der Waals surface area contributed by atoms with Gasteiger partial charge in [0.2, 0.25) is 5.91 Å². The largest absolute Gasteiger partial charge is 0.353 e. The van der Waals surface area contributed by atoms with E-state index < -0.39 is 0 Å². The van der Waals surface area contributed by atoms with Gasteiger partial charge in [0.25, 0.3) is 0 Å². The Hall–Kier alpha value is -1.33. The lowest BCUT2D eigenvalue weighted by Crippen LogP contribution is -2.40. The maximum Gasteiger partial charge on any atom is 0.239 e. The Morgan fingerprint density at radius 2 is 2.08 bits per heavy atom. The molecule has 1 heterocycles. The molecule has 1 aliphatic rings. The summed E-state index contributed by atoms with van der Waals surface area (Å²) in [6, 6.07) is 8.88. The molecule has 0 bridgehead atoms. The molecule has 1 fully saturated rings. The molecule has 2 aromatic rings. The number of amides is 1. The summed E-state index contributed by atoms with van der Waals surface area (Å²) in [6.07, 6.45) is 8.64. The Bertz CT molecular complexity index is 691. The molecule has 1 aromatic heterocycles. The quantitative estimate of drug-likeness (QED) is 0.813. The summed E-state index contributed by atoms with van der Waals surface area (Å²) in [4.78, 5) is 14.6. The number of halogens is 1. The molecule has 1 aliphatic carbocycles. The number of aromatic nitrogens is 1. The van der Waals surface area contributed by atoms with Gasteiger partial charge in [-0.05, 0) is 43.5 Å². The number of likely N-dealkylation sites (N-methyl/N-ethyl adjacent to an activating group) is 1. The normalized spacial score (nSPS) is 16.0. The van der Waals surface area contributed by atoms with Gasteiger partial charge < -0.3 is 14.8 Å². The third-order valence-electron chi connectivity index (χ3n) is 5.03.